The van der Waals surface area contributed by atoms with Crippen LogP contribution in [0.5, 0.6) is 0 Å². The van der Waals surface area contributed by atoms with E-state index in [0.717, 1.165) is 26.1 Å². The molecular weight excluding hydrogens is 390 g/mol. The molecule has 0 spiro atoms. The summed E-state index contributed by atoms with van der Waals surface area (Å²) in [5.74, 6) is 0.772. The van der Waals surface area contributed by atoms with E-state index in [0.29, 0.717) is 5.56 Å². The van der Waals surface area contributed by atoms with Crippen LogP contribution in [0.25, 0.3) is 16.7 Å². The van der Waals surface area contributed by atoms with Crippen molar-refractivity contribution in [3.05, 3.63) is 57.2 Å². The van der Waals surface area contributed by atoms with E-state index in [1.807, 2.05) is 28.8 Å². The van der Waals surface area contributed by atoms with Crippen LogP contribution in [0.4, 0.5) is 4.39 Å². The van der Waals surface area contributed by atoms with Crippen LogP contribution in [-0.2, 0) is 5.88 Å². The van der Waals surface area contributed by atoms with Gasteiger partial charge in [-0.1, -0.05) is 6.07 Å². The Morgan fingerprint density at radius 1 is 1.30 bits per heavy atom. The molecule has 0 radical (unpaired) electrons. The predicted octanol–water partition coefficient (Wildman–Crippen LogP) is 4.82. The first-order chi connectivity index (χ1) is 9.61. The van der Waals surface area contributed by atoms with Gasteiger partial charge in [-0.3, -0.25) is 4.57 Å². The number of alkyl halides is 1. The van der Waals surface area contributed by atoms with Gasteiger partial charge in [0.25, 0.3) is 0 Å². The van der Waals surface area contributed by atoms with E-state index in [-0.39, 0.29) is 11.7 Å². The van der Waals surface area contributed by atoms with Crippen LogP contribution in [0.3, 0.4) is 0 Å². The molecule has 2 nitrogen and oxygen atoms in total. The smallest absolute Gasteiger partial charge is 0.129 e. The third-order valence-corrected chi connectivity index (χ3v) is 4.20. The van der Waals surface area contributed by atoms with E-state index in [9.17, 15) is 4.39 Å². The van der Waals surface area contributed by atoms with Crippen LogP contribution < -0.4 is 0 Å². The maximum Gasteiger partial charge on any atom is 0.129 e. The molecule has 0 saturated heterocycles. The second kappa shape index (κ2) is 5.33. The second-order valence-electron chi connectivity index (χ2n) is 4.51. The van der Waals surface area contributed by atoms with Crippen molar-refractivity contribution in [3.8, 4) is 5.69 Å². The van der Waals surface area contributed by atoms with E-state index in [4.69, 9.17) is 11.6 Å². The number of rotatable bonds is 2. The molecule has 0 bridgehead atoms. The lowest BCUT2D eigenvalue weighted by atomic mass is 10.2. The Morgan fingerprint density at radius 2 is 2.10 bits per heavy atom. The number of nitrogens with zero attached hydrogens (tertiary/aromatic N) is 2. The maximum absolute atomic E-state index is 13.8. The molecule has 0 aliphatic heterocycles. The van der Waals surface area contributed by atoms with Gasteiger partial charge in [-0.2, -0.15) is 0 Å². The van der Waals surface area contributed by atoms with Gasteiger partial charge in [0.15, 0.2) is 0 Å². The summed E-state index contributed by atoms with van der Waals surface area (Å²) < 4.78 is 16.8. The predicted molar refractivity (Wildman–Crippen MR) is 88.0 cm³/mol. The summed E-state index contributed by atoms with van der Waals surface area (Å²) in [5.41, 5.74) is 3.19. The molecule has 1 aromatic heterocycles. The fourth-order valence-corrected chi connectivity index (χ4v) is 2.95. The molecule has 0 aliphatic rings. The monoisotopic (exact) mass is 400 g/mol. The minimum absolute atomic E-state index is 0.226. The average molecular weight is 401 g/mol. The van der Waals surface area contributed by atoms with Crippen molar-refractivity contribution in [1.82, 2.24) is 9.55 Å². The van der Waals surface area contributed by atoms with Gasteiger partial charge >= 0.3 is 0 Å². The molecule has 0 saturated carbocycles. The van der Waals surface area contributed by atoms with Crippen LogP contribution in [-0.4, -0.2) is 9.55 Å². The number of aromatic nitrogens is 2. The molecule has 2 aromatic carbocycles. The highest BCUT2D eigenvalue weighted by Gasteiger charge is 2.14. The summed E-state index contributed by atoms with van der Waals surface area (Å²) in [7, 11) is 0. The second-order valence-corrected chi connectivity index (χ2v) is 6.03. The molecule has 1 heterocycles. The molecule has 3 aromatic rings. The Balaban J connectivity index is 2.37. The van der Waals surface area contributed by atoms with Gasteiger partial charge in [-0.05, 0) is 59.8 Å². The highest BCUT2D eigenvalue weighted by atomic mass is 127. The van der Waals surface area contributed by atoms with E-state index < -0.39 is 0 Å². The average Bonchev–Trinajstić information content (AvgIpc) is 2.79. The lowest BCUT2D eigenvalue weighted by Gasteiger charge is -2.11. The number of benzene rings is 2. The standard InChI is InChI=1S/C15H11ClFIN2/c1-9-11(17)3-2-4-13(9)20-14-6-5-10(18)7-12(14)19-15(20)8-16/h2-7H,8H2,1H3. The van der Waals surface area contributed by atoms with Crippen molar-refractivity contribution < 1.29 is 4.39 Å². The highest BCUT2D eigenvalue weighted by Crippen LogP contribution is 2.26. The van der Waals surface area contributed by atoms with Crippen molar-refractivity contribution in [2.45, 2.75) is 12.8 Å². The maximum atomic E-state index is 13.8. The van der Waals surface area contributed by atoms with Crippen LogP contribution in [0.15, 0.2) is 36.4 Å². The molecule has 0 amide bonds. The normalized spacial score (nSPS) is 11.2. The van der Waals surface area contributed by atoms with Crippen LogP contribution in [0.2, 0.25) is 0 Å². The zero-order valence-electron chi connectivity index (χ0n) is 10.7. The summed E-state index contributed by atoms with van der Waals surface area (Å²) in [6, 6.07) is 11.0. The van der Waals surface area contributed by atoms with Crippen molar-refractivity contribution in [3.63, 3.8) is 0 Å². The minimum Gasteiger partial charge on any atom is -0.295 e. The van der Waals surface area contributed by atoms with Crippen molar-refractivity contribution in [2.24, 2.45) is 0 Å². The van der Waals surface area contributed by atoms with Gasteiger partial charge in [0, 0.05) is 9.13 Å². The number of hydrogen-bond donors (Lipinski definition) is 0. The Hall–Kier alpha value is -1.14. The third-order valence-electron chi connectivity index (χ3n) is 3.29. The van der Waals surface area contributed by atoms with Crippen molar-refractivity contribution >= 4 is 45.2 Å². The molecule has 0 aliphatic carbocycles. The first-order valence-corrected chi connectivity index (χ1v) is 7.71. The Bertz CT molecular complexity index is 798. The van der Waals surface area contributed by atoms with Gasteiger partial charge < -0.3 is 0 Å². The minimum atomic E-state index is -0.226. The Morgan fingerprint density at radius 3 is 2.85 bits per heavy atom. The summed E-state index contributed by atoms with van der Waals surface area (Å²) in [6.07, 6.45) is 0. The number of halogens is 3. The molecule has 3 rings (SSSR count). The van der Waals surface area contributed by atoms with E-state index >= 15 is 0 Å². The van der Waals surface area contributed by atoms with E-state index in [2.05, 4.69) is 27.6 Å². The zero-order chi connectivity index (χ0) is 14.3. The molecule has 0 N–H and O–H groups in total. The largest absolute Gasteiger partial charge is 0.295 e. The van der Waals surface area contributed by atoms with Gasteiger partial charge in [-0.25, -0.2) is 9.37 Å². The SMILES string of the molecule is Cc1c(F)cccc1-n1c(CCl)nc2cc(I)ccc21. The number of imidazole rings is 1. The number of hydrogen-bond acceptors (Lipinski definition) is 1. The first kappa shape index (κ1) is 13.8. The van der Waals surface area contributed by atoms with Gasteiger partial charge in [-0.15, -0.1) is 11.6 Å². The lowest BCUT2D eigenvalue weighted by molar-refractivity contribution is 0.617. The first-order valence-electron chi connectivity index (χ1n) is 6.10. The van der Waals surface area contributed by atoms with Crippen LogP contribution in [0, 0.1) is 16.3 Å². The van der Waals surface area contributed by atoms with Gasteiger partial charge in [0.1, 0.15) is 11.6 Å². The van der Waals surface area contributed by atoms with E-state index in [1.54, 1.807) is 13.0 Å². The lowest BCUT2D eigenvalue weighted by Crippen LogP contribution is -2.02. The van der Waals surface area contributed by atoms with Crippen LogP contribution in [0.1, 0.15) is 11.4 Å². The third kappa shape index (κ3) is 2.20. The molecule has 102 valence electrons. The molecular formula is C15H11ClFIN2. The quantitative estimate of drug-likeness (QED) is 0.446. The molecule has 0 fully saturated rings. The summed E-state index contributed by atoms with van der Waals surface area (Å²) in [5, 5.41) is 0. The fourth-order valence-electron chi connectivity index (χ4n) is 2.30. The molecule has 5 heteroatoms. The molecule has 0 atom stereocenters. The zero-order valence-corrected chi connectivity index (χ0v) is 13.6. The van der Waals surface area contributed by atoms with Crippen molar-refractivity contribution in [1.29, 1.82) is 0 Å². The molecule has 0 unspecified atom stereocenters. The summed E-state index contributed by atoms with van der Waals surface area (Å²) in [6.45, 7) is 1.77. The number of fused-ring (bicyclic) bond motifs is 1. The molecule has 20 heavy (non-hydrogen) atoms. The fraction of sp³-hybridized carbons (Fsp3) is 0.133. The summed E-state index contributed by atoms with van der Waals surface area (Å²) in [4.78, 5) is 4.54. The summed E-state index contributed by atoms with van der Waals surface area (Å²) >= 11 is 8.25. The van der Waals surface area contributed by atoms with Crippen LogP contribution >= 0.6 is 34.2 Å². The Kier molecular flexibility index (Phi) is 3.69. The van der Waals surface area contributed by atoms with Gasteiger partial charge in [0.05, 0.1) is 22.6 Å². The van der Waals surface area contributed by atoms with Crippen molar-refractivity contribution in [2.75, 3.05) is 0 Å². The van der Waals surface area contributed by atoms with E-state index in [1.165, 1.54) is 6.07 Å². The van der Waals surface area contributed by atoms with Gasteiger partial charge in [0.2, 0.25) is 0 Å². The highest BCUT2D eigenvalue weighted by molar-refractivity contribution is 14.1. The Labute approximate surface area is 134 Å². The topological polar surface area (TPSA) is 17.8 Å².